The summed E-state index contributed by atoms with van der Waals surface area (Å²) in [7, 11) is 1.54. The van der Waals surface area contributed by atoms with Crippen LogP contribution in [-0.2, 0) is 4.79 Å². The number of carbonyl (C=O) groups is 1. The number of hydrogen-bond acceptors (Lipinski definition) is 5. The van der Waals surface area contributed by atoms with Crippen LogP contribution in [0.4, 0.5) is 0 Å². The number of nitrogens with zero attached hydrogens (tertiary/aromatic N) is 1. The second kappa shape index (κ2) is 6.27. The van der Waals surface area contributed by atoms with Gasteiger partial charge in [0.1, 0.15) is 5.82 Å². The molecule has 0 fully saturated rings. The van der Waals surface area contributed by atoms with Gasteiger partial charge in [0.25, 0.3) is 5.91 Å². The fraction of sp³-hybridized carbons (Fsp3) is 0.286. The van der Waals surface area contributed by atoms with Gasteiger partial charge < -0.3 is 14.5 Å². The summed E-state index contributed by atoms with van der Waals surface area (Å²) >= 11 is 0. The van der Waals surface area contributed by atoms with E-state index < -0.39 is 5.91 Å². The van der Waals surface area contributed by atoms with E-state index in [2.05, 4.69) is 9.97 Å². The number of nitrogens with one attached hydrogen (secondary N) is 2. The van der Waals surface area contributed by atoms with E-state index in [1.54, 1.807) is 6.07 Å². The summed E-state index contributed by atoms with van der Waals surface area (Å²) in [6.07, 6.45) is 0. The second-order valence-corrected chi connectivity index (χ2v) is 4.49. The smallest absolute Gasteiger partial charge is 0.271 e. The first kappa shape index (κ1) is 14.9. The molecule has 0 aliphatic heterocycles. The van der Waals surface area contributed by atoms with Crippen LogP contribution in [-0.4, -0.2) is 29.6 Å². The number of para-hydroxylation sites is 1. The number of H-pyrrole nitrogens is 1. The number of methoxy groups -OCH3 is 1. The number of benzene rings is 1. The molecule has 0 unspecified atom stereocenters. The molecule has 0 aliphatic carbocycles. The standard InChI is InChI=1S/C14H18N4O3/c1-8-9(2)17-14(16-8)10-5-4-6-11(20-3)13(10)21-7-12(19)18-15/h4-6H,7,15H2,1-3H3,(H,16,17)(H,18,19). The van der Waals surface area contributed by atoms with Gasteiger partial charge in [-0.05, 0) is 26.0 Å². The predicted molar refractivity (Wildman–Crippen MR) is 77.9 cm³/mol. The molecule has 0 radical (unpaired) electrons. The third-order valence-corrected chi connectivity index (χ3v) is 3.09. The molecule has 1 aromatic heterocycles. The van der Waals surface area contributed by atoms with E-state index >= 15 is 0 Å². The second-order valence-electron chi connectivity index (χ2n) is 4.49. The third kappa shape index (κ3) is 3.14. The topological polar surface area (TPSA) is 102 Å². The first-order chi connectivity index (χ1) is 10.1. The fourth-order valence-corrected chi connectivity index (χ4v) is 1.87. The largest absolute Gasteiger partial charge is 0.493 e. The number of amides is 1. The minimum absolute atomic E-state index is 0.206. The van der Waals surface area contributed by atoms with Crippen LogP contribution in [0.3, 0.4) is 0 Å². The van der Waals surface area contributed by atoms with E-state index in [-0.39, 0.29) is 6.61 Å². The van der Waals surface area contributed by atoms with Crippen LogP contribution >= 0.6 is 0 Å². The van der Waals surface area contributed by atoms with E-state index in [4.69, 9.17) is 15.3 Å². The summed E-state index contributed by atoms with van der Waals surface area (Å²) in [6.45, 7) is 3.65. The van der Waals surface area contributed by atoms with Gasteiger partial charge in [0, 0.05) is 5.69 Å². The lowest BCUT2D eigenvalue weighted by Crippen LogP contribution is -2.34. The Balaban J connectivity index is 2.42. The zero-order valence-corrected chi connectivity index (χ0v) is 12.2. The highest BCUT2D eigenvalue weighted by Crippen LogP contribution is 2.37. The van der Waals surface area contributed by atoms with Gasteiger partial charge in [0.05, 0.1) is 18.4 Å². The Labute approximate surface area is 122 Å². The molecule has 4 N–H and O–H groups in total. The molecule has 0 bridgehead atoms. The van der Waals surface area contributed by atoms with Crippen molar-refractivity contribution in [3.05, 3.63) is 29.6 Å². The van der Waals surface area contributed by atoms with Crippen molar-refractivity contribution in [1.82, 2.24) is 15.4 Å². The molecule has 112 valence electrons. The van der Waals surface area contributed by atoms with Gasteiger partial charge in [0.15, 0.2) is 18.1 Å². The Bertz CT molecular complexity index is 632. The van der Waals surface area contributed by atoms with Crippen LogP contribution in [0.25, 0.3) is 11.4 Å². The van der Waals surface area contributed by atoms with Crippen molar-refractivity contribution in [1.29, 1.82) is 0 Å². The lowest BCUT2D eigenvalue weighted by Gasteiger charge is -2.13. The van der Waals surface area contributed by atoms with Crippen LogP contribution in [0, 0.1) is 13.8 Å². The highest BCUT2D eigenvalue weighted by Gasteiger charge is 2.16. The molecule has 2 rings (SSSR count). The molecule has 1 amide bonds. The number of nitrogens with two attached hydrogens (primary N) is 1. The highest BCUT2D eigenvalue weighted by atomic mass is 16.5. The monoisotopic (exact) mass is 290 g/mol. The Kier molecular flexibility index (Phi) is 4.44. The van der Waals surface area contributed by atoms with Gasteiger partial charge >= 0.3 is 0 Å². The van der Waals surface area contributed by atoms with Crippen molar-refractivity contribution in [2.24, 2.45) is 5.84 Å². The van der Waals surface area contributed by atoms with Crippen molar-refractivity contribution in [3.8, 4) is 22.9 Å². The SMILES string of the molecule is COc1cccc(-c2nc(C)c(C)[nH]2)c1OCC(=O)NN. The number of hydrogen-bond donors (Lipinski definition) is 3. The minimum Gasteiger partial charge on any atom is -0.493 e. The molecule has 7 nitrogen and oxygen atoms in total. The van der Waals surface area contributed by atoms with Crippen molar-refractivity contribution < 1.29 is 14.3 Å². The minimum atomic E-state index is -0.432. The number of ether oxygens (including phenoxy) is 2. The van der Waals surface area contributed by atoms with Gasteiger partial charge in [-0.2, -0.15) is 0 Å². The summed E-state index contributed by atoms with van der Waals surface area (Å²) in [5, 5.41) is 0. The zero-order chi connectivity index (χ0) is 15.4. The van der Waals surface area contributed by atoms with Gasteiger partial charge in [-0.25, -0.2) is 10.8 Å². The Morgan fingerprint density at radius 2 is 2.19 bits per heavy atom. The molecule has 0 spiro atoms. The summed E-state index contributed by atoms with van der Waals surface area (Å²) in [5.41, 5.74) is 4.61. The number of aromatic nitrogens is 2. The fourth-order valence-electron chi connectivity index (χ4n) is 1.87. The molecule has 21 heavy (non-hydrogen) atoms. The summed E-state index contributed by atoms with van der Waals surface area (Å²) in [6, 6.07) is 5.43. The molecular formula is C14H18N4O3. The average molecular weight is 290 g/mol. The van der Waals surface area contributed by atoms with Crippen molar-refractivity contribution in [2.45, 2.75) is 13.8 Å². The maximum atomic E-state index is 11.3. The maximum absolute atomic E-state index is 11.3. The number of hydrazine groups is 1. The van der Waals surface area contributed by atoms with Crippen LogP contribution in [0.15, 0.2) is 18.2 Å². The van der Waals surface area contributed by atoms with Crippen molar-refractivity contribution >= 4 is 5.91 Å². The average Bonchev–Trinajstić information content (AvgIpc) is 2.83. The Morgan fingerprint density at radius 3 is 2.76 bits per heavy atom. The summed E-state index contributed by atoms with van der Waals surface area (Å²) in [4.78, 5) is 18.9. The molecule has 0 saturated carbocycles. The summed E-state index contributed by atoms with van der Waals surface area (Å²) in [5.74, 6) is 6.24. The molecular weight excluding hydrogens is 272 g/mol. The molecule has 0 atom stereocenters. The summed E-state index contributed by atoms with van der Waals surface area (Å²) < 4.78 is 10.8. The molecule has 2 aromatic rings. The molecule has 0 saturated heterocycles. The lowest BCUT2D eigenvalue weighted by molar-refractivity contribution is -0.123. The number of rotatable bonds is 5. The van der Waals surface area contributed by atoms with E-state index in [0.29, 0.717) is 17.3 Å². The number of imidazole rings is 1. The highest BCUT2D eigenvalue weighted by molar-refractivity contribution is 5.77. The van der Waals surface area contributed by atoms with Gasteiger partial charge in [0.2, 0.25) is 0 Å². The zero-order valence-electron chi connectivity index (χ0n) is 12.2. The number of aryl methyl sites for hydroxylation is 2. The lowest BCUT2D eigenvalue weighted by atomic mass is 10.1. The van der Waals surface area contributed by atoms with E-state index in [9.17, 15) is 4.79 Å². The normalized spacial score (nSPS) is 10.3. The Hall–Kier alpha value is -2.54. The van der Waals surface area contributed by atoms with Gasteiger partial charge in [-0.15, -0.1) is 0 Å². The van der Waals surface area contributed by atoms with Crippen LogP contribution < -0.4 is 20.7 Å². The van der Waals surface area contributed by atoms with Crippen LogP contribution in [0.2, 0.25) is 0 Å². The van der Waals surface area contributed by atoms with E-state index in [1.807, 2.05) is 31.4 Å². The molecule has 0 aliphatic rings. The first-order valence-electron chi connectivity index (χ1n) is 6.39. The maximum Gasteiger partial charge on any atom is 0.271 e. The van der Waals surface area contributed by atoms with Crippen molar-refractivity contribution in [2.75, 3.05) is 13.7 Å². The Morgan fingerprint density at radius 1 is 1.43 bits per heavy atom. The molecule has 1 heterocycles. The van der Waals surface area contributed by atoms with Crippen molar-refractivity contribution in [3.63, 3.8) is 0 Å². The van der Waals surface area contributed by atoms with Crippen LogP contribution in [0.5, 0.6) is 11.5 Å². The number of carbonyl (C=O) groups excluding carboxylic acids is 1. The van der Waals surface area contributed by atoms with Gasteiger partial charge in [-0.3, -0.25) is 10.2 Å². The van der Waals surface area contributed by atoms with E-state index in [1.165, 1.54) is 7.11 Å². The molecule has 7 heteroatoms. The number of aromatic amines is 1. The van der Waals surface area contributed by atoms with E-state index in [0.717, 1.165) is 17.0 Å². The predicted octanol–water partition coefficient (Wildman–Crippen LogP) is 1.07. The third-order valence-electron chi connectivity index (χ3n) is 3.09. The quantitative estimate of drug-likeness (QED) is 0.434. The van der Waals surface area contributed by atoms with Crippen LogP contribution in [0.1, 0.15) is 11.4 Å². The molecule has 1 aromatic carbocycles. The van der Waals surface area contributed by atoms with Gasteiger partial charge in [-0.1, -0.05) is 6.07 Å². The first-order valence-corrected chi connectivity index (χ1v) is 6.39.